The summed E-state index contributed by atoms with van der Waals surface area (Å²) in [6, 6.07) is 5.29. The van der Waals surface area contributed by atoms with Crippen molar-refractivity contribution in [2.24, 2.45) is 11.7 Å². The lowest BCUT2D eigenvalue weighted by Gasteiger charge is -2.42. The van der Waals surface area contributed by atoms with Crippen molar-refractivity contribution in [3.05, 3.63) is 40.7 Å². The van der Waals surface area contributed by atoms with Crippen molar-refractivity contribution in [2.75, 3.05) is 25.0 Å². The van der Waals surface area contributed by atoms with Gasteiger partial charge in [0.15, 0.2) is 0 Å². The second kappa shape index (κ2) is 9.57. The number of likely N-dealkylation sites (tertiary alicyclic amines) is 1. The molecule has 0 spiro atoms. The molecule has 2 aliphatic heterocycles. The van der Waals surface area contributed by atoms with E-state index in [1.807, 2.05) is 49.4 Å². The second-order valence-corrected chi connectivity index (χ2v) is 12.8. The number of hydrogen-bond donors (Lipinski definition) is 2. The molecule has 2 aromatic rings. The van der Waals surface area contributed by atoms with Crippen molar-refractivity contribution in [3.8, 4) is 5.69 Å². The molecule has 1 saturated heterocycles. The summed E-state index contributed by atoms with van der Waals surface area (Å²) < 4.78 is 7.34. The first-order valence-electron chi connectivity index (χ1n) is 13.8. The molecule has 3 amide bonds. The zero-order valence-corrected chi connectivity index (χ0v) is 23.8. The summed E-state index contributed by atoms with van der Waals surface area (Å²) in [6.45, 7) is 13.4. The van der Waals surface area contributed by atoms with Gasteiger partial charge >= 0.3 is 6.09 Å². The van der Waals surface area contributed by atoms with Crippen molar-refractivity contribution >= 4 is 23.6 Å². The van der Waals surface area contributed by atoms with Gasteiger partial charge in [-0.1, -0.05) is 0 Å². The van der Waals surface area contributed by atoms with Gasteiger partial charge in [0.25, 0.3) is 11.8 Å². The first-order valence-corrected chi connectivity index (χ1v) is 13.8. The van der Waals surface area contributed by atoms with Gasteiger partial charge in [-0.25, -0.2) is 9.48 Å². The third-order valence-electron chi connectivity index (χ3n) is 7.80. The van der Waals surface area contributed by atoms with Crippen LogP contribution in [0.25, 0.3) is 5.69 Å². The van der Waals surface area contributed by atoms with E-state index in [-0.39, 0.29) is 23.6 Å². The molecule has 210 valence electrons. The molecular formula is C29H40N6O4. The van der Waals surface area contributed by atoms with Gasteiger partial charge in [0.1, 0.15) is 5.60 Å². The molecule has 10 nitrogen and oxygen atoms in total. The summed E-state index contributed by atoms with van der Waals surface area (Å²) in [5.74, 6) is 0.0934. The summed E-state index contributed by atoms with van der Waals surface area (Å²) in [5, 5.41) is 8.21. The van der Waals surface area contributed by atoms with Crippen LogP contribution < -0.4 is 11.1 Å². The number of benzene rings is 1. The van der Waals surface area contributed by atoms with Crippen LogP contribution in [0.15, 0.2) is 18.2 Å². The topological polar surface area (TPSA) is 123 Å². The lowest BCUT2D eigenvalue weighted by atomic mass is 9.87. The average Bonchev–Trinajstić information content (AvgIpc) is 3.43. The minimum Gasteiger partial charge on any atom is -0.444 e. The Morgan fingerprint density at radius 2 is 1.92 bits per heavy atom. The Kier molecular flexibility index (Phi) is 6.63. The maximum absolute atomic E-state index is 13.6. The number of carbonyl (C=O) groups is 3. The Morgan fingerprint density at radius 1 is 1.21 bits per heavy atom. The molecule has 0 radical (unpaired) electrons. The molecule has 1 aromatic carbocycles. The van der Waals surface area contributed by atoms with Gasteiger partial charge in [-0.15, -0.1) is 0 Å². The average molecular weight is 537 g/mol. The lowest BCUT2D eigenvalue weighted by Crippen LogP contribution is -2.53. The number of amides is 3. The van der Waals surface area contributed by atoms with Crippen LogP contribution in [0.3, 0.4) is 0 Å². The van der Waals surface area contributed by atoms with Crippen LogP contribution in [0, 0.1) is 12.8 Å². The highest BCUT2D eigenvalue weighted by atomic mass is 16.6. The molecular weight excluding hydrogens is 496 g/mol. The van der Waals surface area contributed by atoms with Gasteiger partial charge in [-0.3, -0.25) is 9.59 Å². The number of ether oxygens (including phenoxy) is 1. The molecule has 3 aliphatic rings. The number of fused-ring (bicyclic) bond motifs is 1. The maximum Gasteiger partial charge on any atom is 0.410 e. The van der Waals surface area contributed by atoms with Crippen molar-refractivity contribution in [2.45, 2.75) is 84.4 Å². The fourth-order valence-corrected chi connectivity index (χ4v) is 5.62. The third kappa shape index (κ3) is 5.46. The third-order valence-corrected chi connectivity index (χ3v) is 7.80. The summed E-state index contributed by atoms with van der Waals surface area (Å²) in [4.78, 5) is 42.1. The van der Waals surface area contributed by atoms with Crippen molar-refractivity contribution < 1.29 is 19.1 Å². The highest BCUT2D eigenvalue weighted by Gasteiger charge is 2.43. The van der Waals surface area contributed by atoms with E-state index in [0.717, 1.165) is 17.9 Å². The quantitative estimate of drug-likeness (QED) is 0.578. The highest BCUT2D eigenvalue weighted by molar-refractivity contribution is 6.00. The second-order valence-electron chi connectivity index (χ2n) is 12.8. The molecule has 1 saturated carbocycles. The van der Waals surface area contributed by atoms with Gasteiger partial charge < -0.3 is 25.6 Å². The van der Waals surface area contributed by atoms with Crippen molar-refractivity contribution in [3.63, 3.8) is 0 Å². The van der Waals surface area contributed by atoms with E-state index in [1.54, 1.807) is 11.0 Å². The van der Waals surface area contributed by atoms with Crippen LogP contribution in [-0.2, 0) is 11.2 Å². The number of hydrogen-bond acceptors (Lipinski definition) is 6. The maximum atomic E-state index is 13.6. The van der Waals surface area contributed by atoms with E-state index < -0.39 is 11.5 Å². The standard InChI is InChI=1S/C29H40N6O4/c1-17-24-23(14-29(5,6)34(26(24)37)15-18-7-8-18)35(32-17)20-9-10-21(25(30)36)22(13-20)31-19-11-12-33(16-19)27(38)39-28(2,3)4/h9-10,13,18-19,31H,7-8,11-12,14-16H2,1-6H3,(H2,30,36)/t19-/m1/s1. The van der Waals surface area contributed by atoms with Crippen molar-refractivity contribution in [1.29, 1.82) is 0 Å². The van der Waals surface area contributed by atoms with Crippen LogP contribution in [0.5, 0.6) is 0 Å². The summed E-state index contributed by atoms with van der Waals surface area (Å²) in [7, 11) is 0. The number of aromatic nitrogens is 2. The van der Waals surface area contributed by atoms with Crippen molar-refractivity contribution in [1.82, 2.24) is 19.6 Å². The Bertz CT molecular complexity index is 1320. The number of nitrogens with two attached hydrogens (primary N) is 1. The molecule has 1 atom stereocenters. The van der Waals surface area contributed by atoms with E-state index in [4.69, 9.17) is 15.6 Å². The fourth-order valence-electron chi connectivity index (χ4n) is 5.62. The molecule has 1 aliphatic carbocycles. The van der Waals surface area contributed by atoms with E-state index in [9.17, 15) is 14.4 Å². The van der Waals surface area contributed by atoms with Crippen LogP contribution in [-0.4, -0.2) is 74.3 Å². The Labute approximate surface area is 229 Å². The molecule has 3 N–H and O–H groups in total. The SMILES string of the molecule is Cc1nn(-c2ccc(C(N)=O)c(N[C@@H]3CCN(C(=O)OC(C)(C)C)C3)c2)c2c1C(=O)N(CC1CC1)C(C)(C)C2. The van der Waals surface area contributed by atoms with E-state index >= 15 is 0 Å². The number of primary amides is 1. The molecule has 2 fully saturated rings. The molecule has 10 heteroatoms. The van der Waals surface area contributed by atoms with Crippen LogP contribution >= 0.6 is 0 Å². The number of rotatable bonds is 6. The fraction of sp³-hybridized carbons (Fsp3) is 0.586. The minimum atomic E-state index is -0.567. The number of nitrogens with zero attached hydrogens (tertiary/aromatic N) is 4. The number of anilines is 1. The number of aryl methyl sites for hydroxylation is 1. The zero-order valence-electron chi connectivity index (χ0n) is 23.8. The lowest BCUT2D eigenvalue weighted by molar-refractivity contribution is 0.0293. The largest absolute Gasteiger partial charge is 0.444 e. The summed E-state index contributed by atoms with van der Waals surface area (Å²) in [5.41, 5.74) is 8.75. The summed E-state index contributed by atoms with van der Waals surface area (Å²) in [6.07, 6.45) is 3.40. The molecule has 3 heterocycles. The van der Waals surface area contributed by atoms with E-state index in [2.05, 4.69) is 19.2 Å². The summed E-state index contributed by atoms with van der Waals surface area (Å²) >= 11 is 0. The zero-order chi connectivity index (χ0) is 28.3. The smallest absolute Gasteiger partial charge is 0.410 e. The van der Waals surface area contributed by atoms with Gasteiger partial charge in [-0.05, 0) is 84.9 Å². The van der Waals surface area contributed by atoms with Gasteiger partial charge in [-0.2, -0.15) is 5.10 Å². The molecule has 0 bridgehead atoms. The predicted molar refractivity (Wildman–Crippen MR) is 148 cm³/mol. The van der Waals surface area contributed by atoms with Crippen LogP contribution in [0.1, 0.15) is 86.0 Å². The van der Waals surface area contributed by atoms with E-state index in [1.165, 1.54) is 12.8 Å². The Hall–Kier alpha value is -3.56. The first-order chi connectivity index (χ1) is 18.2. The van der Waals surface area contributed by atoms with Crippen LogP contribution in [0.2, 0.25) is 0 Å². The Balaban J connectivity index is 1.42. The molecule has 0 unspecified atom stereocenters. The Morgan fingerprint density at radius 3 is 2.56 bits per heavy atom. The number of carbonyl (C=O) groups excluding carboxylic acids is 3. The minimum absolute atomic E-state index is 0.0391. The van der Waals surface area contributed by atoms with Gasteiger partial charge in [0.2, 0.25) is 0 Å². The molecule has 5 rings (SSSR count). The highest BCUT2D eigenvalue weighted by Crippen LogP contribution is 2.38. The van der Waals surface area contributed by atoms with Crippen LogP contribution in [0.4, 0.5) is 10.5 Å². The normalized spacial score (nSPS) is 20.7. The number of nitrogens with one attached hydrogen (secondary N) is 1. The monoisotopic (exact) mass is 536 g/mol. The molecule has 39 heavy (non-hydrogen) atoms. The van der Waals surface area contributed by atoms with Gasteiger partial charge in [0, 0.05) is 43.3 Å². The molecule has 1 aromatic heterocycles. The first kappa shape index (κ1) is 27.0. The van der Waals surface area contributed by atoms with Gasteiger partial charge in [0.05, 0.1) is 28.2 Å². The predicted octanol–water partition coefficient (Wildman–Crippen LogP) is 3.89. The van der Waals surface area contributed by atoms with E-state index in [0.29, 0.717) is 54.4 Å².